The predicted octanol–water partition coefficient (Wildman–Crippen LogP) is 4.01. The quantitative estimate of drug-likeness (QED) is 0.511. The Balaban J connectivity index is 1.93. The Morgan fingerprint density at radius 2 is 1.81 bits per heavy atom. The van der Waals surface area contributed by atoms with E-state index in [0.717, 1.165) is 5.69 Å². The molecule has 0 radical (unpaired) electrons. The van der Waals surface area contributed by atoms with E-state index < -0.39 is 4.92 Å². The first kappa shape index (κ1) is 17.3. The first-order valence-corrected chi connectivity index (χ1v) is 8.10. The number of anilines is 3. The van der Waals surface area contributed by atoms with Crippen LogP contribution in [0.2, 0.25) is 0 Å². The van der Waals surface area contributed by atoms with Crippen LogP contribution >= 0.6 is 0 Å². The summed E-state index contributed by atoms with van der Waals surface area (Å²) < 4.78 is 0. The van der Waals surface area contributed by atoms with Crippen LogP contribution in [0, 0.1) is 10.1 Å². The summed E-state index contributed by atoms with van der Waals surface area (Å²) in [5.41, 5.74) is 2.13. The Bertz CT molecular complexity index is 897. The van der Waals surface area contributed by atoms with Crippen LogP contribution in [0.25, 0.3) is 11.4 Å². The molecule has 2 aromatic heterocycles. The summed E-state index contributed by atoms with van der Waals surface area (Å²) in [7, 11) is 0. The lowest BCUT2D eigenvalue weighted by atomic mass is 10.2. The van der Waals surface area contributed by atoms with Gasteiger partial charge in [0.25, 0.3) is 5.69 Å². The maximum atomic E-state index is 10.8. The van der Waals surface area contributed by atoms with Crippen molar-refractivity contribution in [3.05, 3.63) is 64.8 Å². The molecular weight excluding hydrogens is 332 g/mol. The van der Waals surface area contributed by atoms with E-state index in [-0.39, 0.29) is 11.7 Å². The van der Waals surface area contributed by atoms with E-state index in [1.165, 1.54) is 12.1 Å². The molecule has 0 amide bonds. The third kappa shape index (κ3) is 4.29. The van der Waals surface area contributed by atoms with Crippen molar-refractivity contribution in [1.29, 1.82) is 0 Å². The molecule has 2 N–H and O–H groups in total. The summed E-state index contributed by atoms with van der Waals surface area (Å²) in [4.78, 5) is 23.6. The summed E-state index contributed by atoms with van der Waals surface area (Å²) in [5.74, 6) is 1.05. The van der Waals surface area contributed by atoms with Crippen LogP contribution in [-0.2, 0) is 0 Å². The molecule has 0 spiro atoms. The molecule has 0 aliphatic carbocycles. The van der Waals surface area contributed by atoms with Gasteiger partial charge in [-0.05, 0) is 38.1 Å². The summed E-state index contributed by atoms with van der Waals surface area (Å²) in [5, 5.41) is 17.1. The predicted molar refractivity (Wildman–Crippen MR) is 100 cm³/mol. The Morgan fingerprint density at radius 3 is 2.42 bits per heavy atom. The van der Waals surface area contributed by atoms with Gasteiger partial charge < -0.3 is 10.6 Å². The Hall–Kier alpha value is -3.55. The second kappa shape index (κ2) is 7.56. The highest BCUT2D eigenvalue weighted by Crippen LogP contribution is 2.23. The highest BCUT2D eigenvalue weighted by atomic mass is 16.6. The van der Waals surface area contributed by atoms with Gasteiger partial charge in [0.05, 0.1) is 16.3 Å². The van der Waals surface area contributed by atoms with Gasteiger partial charge in [0, 0.05) is 36.1 Å². The average molecular weight is 350 g/mol. The molecule has 0 saturated heterocycles. The van der Waals surface area contributed by atoms with Gasteiger partial charge in [-0.1, -0.05) is 6.07 Å². The Kier molecular flexibility index (Phi) is 5.02. The molecule has 0 fully saturated rings. The summed E-state index contributed by atoms with van der Waals surface area (Å²) in [6.07, 6.45) is 1.70. The molecule has 132 valence electrons. The van der Waals surface area contributed by atoms with Crippen molar-refractivity contribution >= 4 is 23.1 Å². The number of hydrogen-bond acceptors (Lipinski definition) is 7. The van der Waals surface area contributed by atoms with E-state index in [1.807, 2.05) is 32.0 Å². The molecule has 0 atom stereocenters. The van der Waals surface area contributed by atoms with Gasteiger partial charge in [-0.2, -0.15) is 4.98 Å². The van der Waals surface area contributed by atoms with Gasteiger partial charge in [-0.15, -0.1) is 0 Å². The van der Waals surface area contributed by atoms with Crippen molar-refractivity contribution in [2.45, 2.75) is 19.9 Å². The number of nitro groups is 1. The summed E-state index contributed by atoms with van der Waals surface area (Å²) >= 11 is 0. The fraction of sp³-hybridized carbons (Fsp3) is 0.167. The first-order valence-electron chi connectivity index (χ1n) is 8.10. The molecule has 2 heterocycles. The minimum Gasteiger partial charge on any atom is -0.352 e. The zero-order valence-electron chi connectivity index (χ0n) is 14.4. The molecule has 8 heteroatoms. The standard InChI is InChI=1S/C18H18N6O2/c1-12(2)20-18-22-16(15-5-3-4-10-19-15)11-17(23-18)21-13-6-8-14(9-7-13)24(25)26/h3-12H,1-2H3,(H2,20,21,22,23). The topological polar surface area (TPSA) is 106 Å². The number of hydrogen-bond donors (Lipinski definition) is 2. The lowest BCUT2D eigenvalue weighted by molar-refractivity contribution is -0.384. The third-order valence-corrected chi connectivity index (χ3v) is 3.42. The van der Waals surface area contributed by atoms with E-state index in [4.69, 9.17) is 0 Å². The van der Waals surface area contributed by atoms with Crippen molar-refractivity contribution in [3.8, 4) is 11.4 Å². The highest BCUT2D eigenvalue weighted by molar-refractivity contribution is 5.65. The molecule has 0 unspecified atom stereocenters. The molecule has 0 aliphatic heterocycles. The van der Waals surface area contributed by atoms with E-state index >= 15 is 0 Å². The van der Waals surface area contributed by atoms with Crippen molar-refractivity contribution in [2.75, 3.05) is 10.6 Å². The monoisotopic (exact) mass is 350 g/mol. The van der Waals surface area contributed by atoms with Crippen LogP contribution in [0.5, 0.6) is 0 Å². The fourth-order valence-electron chi connectivity index (χ4n) is 2.29. The molecule has 0 bridgehead atoms. The average Bonchev–Trinajstić information content (AvgIpc) is 2.62. The van der Waals surface area contributed by atoms with E-state index in [0.29, 0.717) is 23.1 Å². The van der Waals surface area contributed by atoms with Gasteiger partial charge in [0.15, 0.2) is 0 Å². The number of non-ortho nitro benzene ring substituents is 1. The SMILES string of the molecule is CC(C)Nc1nc(Nc2ccc([N+](=O)[O-])cc2)cc(-c2ccccn2)n1. The van der Waals surface area contributed by atoms with E-state index in [1.54, 1.807) is 24.4 Å². The molecule has 3 rings (SSSR count). The largest absolute Gasteiger partial charge is 0.352 e. The van der Waals surface area contributed by atoms with Crippen LogP contribution in [0.15, 0.2) is 54.7 Å². The van der Waals surface area contributed by atoms with Crippen LogP contribution in [0.4, 0.5) is 23.1 Å². The maximum Gasteiger partial charge on any atom is 0.269 e. The lowest BCUT2D eigenvalue weighted by Gasteiger charge is -2.13. The third-order valence-electron chi connectivity index (χ3n) is 3.42. The zero-order valence-corrected chi connectivity index (χ0v) is 14.4. The van der Waals surface area contributed by atoms with Crippen LogP contribution in [-0.4, -0.2) is 25.9 Å². The lowest BCUT2D eigenvalue weighted by Crippen LogP contribution is -2.13. The number of benzene rings is 1. The normalized spacial score (nSPS) is 10.6. The van der Waals surface area contributed by atoms with Gasteiger partial charge in [-0.25, -0.2) is 4.98 Å². The van der Waals surface area contributed by atoms with Gasteiger partial charge in [0.2, 0.25) is 5.95 Å². The minimum atomic E-state index is -0.432. The molecule has 1 aromatic carbocycles. The Morgan fingerprint density at radius 1 is 1.04 bits per heavy atom. The number of nitrogens with one attached hydrogen (secondary N) is 2. The number of aromatic nitrogens is 3. The van der Waals surface area contributed by atoms with Gasteiger partial charge in [-0.3, -0.25) is 15.1 Å². The molecule has 26 heavy (non-hydrogen) atoms. The van der Waals surface area contributed by atoms with E-state index in [9.17, 15) is 10.1 Å². The smallest absolute Gasteiger partial charge is 0.269 e. The number of nitrogens with zero attached hydrogens (tertiary/aromatic N) is 4. The van der Waals surface area contributed by atoms with Crippen LogP contribution in [0.1, 0.15) is 13.8 Å². The van der Waals surface area contributed by atoms with Crippen LogP contribution in [0.3, 0.4) is 0 Å². The summed E-state index contributed by atoms with van der Waals surface area (Å²) in [6.45, 7) is 4.00. The van der Waals surface area contributed by atoms with E-state index in [2.05, 4.69) is 25.6 Å². The van der Waals surface area contributed by atoms with Crippen molar-refractivity contribution in [2.24, 2.45) is 0 Å². The molecular formula is C18H18N6O2. The van der Waals surface area contributed by atoms with Gasteiger partial charge in [0.1, 0.15) is 5.82 Å². The number of nitro benzene ring substituents is 1. The van der Waals surface area contributed by atoms with Gasteiger partial charge >= 0.3 is 0 Å². The van der Waals surface area contributed by atoms with Crippen LogP contribution < -0.4 is 10.6 Å². The fourth-order valence-corrected chi connectivity index (χ4v) is 2.29. The molecule has 0 aliphatic rings. The maximum absolute atomic E-state index is 10.8. The van der Waals surface area contributed by atoms with Crippen molar-refractivity contribution in [3.63, 3.8) is 0 Å². The first-order chi connectivity index (χ1) is 12.5. The molecule has 0 saturated carbocycles. The second-order valence-electron chi connectivity index (χ2n) is 5.91. The zero-order chi connectivity index (χ0) is 18.5. The Labute approximate surface area is 150 Å². The van der Waals surface area contributed by atoms with Crippen molar-refractivity contribution < 1.29 is 4.92 Å². The second-order valence-corrected chi connectivity index (χ2v) is 5.91. The molecule has 8 nitrogen and oxygen atoms in total. The highest BCUT2D eigenvalue weighted by Gasteiger charge is 2.10. The summed E-state index contributed by atoms with van der Waals surface area (Å²) in [6, 6.07) is 13.7. The number of rotatable bonds is 6. The van der Waals surface area contributed by atoms with Crippen molar-refractivity contribution in [1.82, 2.24) is 15.0 Å². The molecule has 3 aromatic rings. The number of pyridine rings is 1. The minimum absolute atomic E-state index is 0.0366.